The van der Waals surface area contributed by atoms with Gasteiger partial charge in [-0.2, -0.15) is 4.31 Å². The number of sulfonamides is 1. The largest absolute Gasteiger partial charge is 0.493 e. The smallest absolute Gasteiger partial charge is 0.248 e. The normalized spacial score (nSPS) is 19.9. The third-order valence-corrected chi connectivity index (χ3v) is 9.35. The van der Waals surface area contributed by atoms with Crippen LogP contribution in [0.2, 0.25) is 0 Å². The number of ether oxygens (including phenoxy) is 1. The zero-order chi connectivity index (χ0) is 23.6. The summed E-state index contributed by atoms with van der Waals surface area (Å²) in [6.45, 7) is 12.5. The third kappa shape index (κ3) is 5.28. The molecular formula is C25H37N3O4S. The number of likely N-dealkylation sites (tertiary alicyclic amines) is 1. The standard InChI is InChI=1S/C25H37N3O4S/c1-19(2)18-31-23-8-6-5-7-22(23)17-27-13-9-25(10-14-27)11-15-28(16-12-25)33(29,30)24-20(3)26-32-21(24)4/h5-8,19H,9-18H2,1-4H3. The van der Waals surface area contributed by atoms with E-state index >= 15 is 0 Å². The monoisotopic (exact) mass is 475 g/mol. The first kappa shape index (κ1) is 24.2. The number of benzene rings is 1. The molecule has 4 rings (SSSR count). The van der Waals surface area contributed by atoms with Crippen LogP contribution in [0, 0.1) is 25.2 Å². The maximum Gasteiger partial charge on any atom is 0.248 e. The van der Waals surface area contributed by atoms with Crippen molar-refractivity contribution in [2.75, 3.05) is 32.8 Å². The van der Waals surface area contributed by atoms with E-state index in [1.807, 2.05) is 6.07 Å². The van der Waals surface area contributed by atoms with Gasteiger partial charge in [-0.05, 0) is 70.0 Å². The maximum absolute atomic E-state index is 13.1. The van der Waals surface area contributed by atoms with Gasteiger partial charge in [0.15, 0.2) is 5.76 Å². The summed E-state index contributed by atoms with van der Waals surface area (Å²) in [6.07, 6.45) is 4.05. The fourth-order valence-electron chi connectivity index (χ4n) is 5.13. The van der Waals surface area contributed by atoms with E-state index in [0.29, 0.717) is 30.5 Å². The van der Waals surface area contributed by atoms with Crippen LogP contribution in [0.3, 0.4) is 0 Å². The van der Waals surface area contributed by atoms with Crippen LogP contribution in [-0.2, 0) is 16.6 Å². The van der Waals surface area contributed by atoms with Crippen molar-refractivity contribution in [3.63, 3.8) is 0 Å². The Bertz CT molecular complexity index is 1030. The van der Waals surface area contributed by atoms with Crippen molar-refractivity contribution < 1.29 is 17.7 Å². The molecule has 1 aromatic heterocycles. The zero-order valence-electron chi connectivity index (χ0n) is 20.3. The Balaban J connectivity index is 1.33. The van der Waals surface area contributed by atoms with Gasteiger partial charge in [-0.3, -0.25) is 4.90 Å². The van der Waals surface area contributed by atoms with Crippen molar-refractivity contribution in [2.24, 2.45) is 11.3 Å². The first-order chi connectivity index (χ1) is 15.7. The molecule has 0 radical (unpaired) electrons. The summed E-state index contributed by atoms with van der Waals surface area (Å²) in [6, 6.07) is 8.35. The Labute approximate surface area is 198 Å². The highest BCUT2D eigenvalue weighted by atomic mass is 32.2. The molecule has 8 heteroatoms. The van der Waals surface area contributed by atoms with Crippen LogP contribution in [0.5, 0.6) is 5.75 Å². The summed E-state index contributed by atoms with van der Waals surface area (Å²) in [5, 5.41) is 3.83. The summed E-state index contributed by atoms with van der Waals surface area (Å²) >= 11 is 0. The first-order valence-corrected chi connectivity index (χ1v) is 13.5. The molecule has 0 atom stereocenters. The van der Waals surface area contributed by atoms with Crippen molar-refractivity contribution in [1.29, 1.82) is 0 Å². The van der Waals surface area contributed by atoms with Gasteiger partial charge in [-0.15, -0.1) is 0 Å². The molecule has 3 heterocycles. The van der Waals surface area contributed by atoms with Gasteiger partial charge in [0.2, 0.25) is 10.0 Å². The van der Waals surface area contributed by atoms with E-state index in [2.05, 4.69) is 42.1 Å². The van der Waals surface area contributed by atoms with Crippen LogP contribution in [-0.4, -0.2) is 55.6 Å². The molecular weight excluding hydrogens is 438 g/mol. The lowest BCUT2D eigenvalue weighted by atomic mass is 9.71. The van der Waals surface area contributed by atoms with Crippen LogP contribution in [0.1, 0.15) is 56.5 Å². The fraction of sp³-hybridized carbons (Fsp3) is 0.640. The highest BCUT2D eigenvalue weighted by molar-refractivity contribution is 7.89. The predicted octanol–water partition coefficient (Wildman–Crippen LogP) is 4.39. The SMILES string of the molecule is Cc1noc(C)c1S(=O)(=O)N1CCC2(CCN(Cc3ccccc3OCC(C)C)CC2)CC1. The molecule has 2 aromatic rings. The van der Waals surface area contributed by atoms with Crippen LogP contribution >= 0.6 is 0 Å². The van der Waals surface area contributed by atoms with Crippen molar-refractivity contribution in [3.05, 3.63) is 41.3 Å². The van der Waals surface area contributed by atoms with Crippen molar-refractivity contribution >= 4 is 10.0 Å². The average molecular weight is 476 g/mol. The Kier molecular flexibility index (Phi) is 7.17. The number of nitrogens with zero attached hydrogens (tertiary/aromatic N) is 3. The van der Waals surface area contributed by atoms with Gasteiger partial charge < -0.3 is 9.26 Å². The molecule has 0 amide bonds. The zero-order valence-corrected chi connectivity index (χ0v) is 21.2. The van der Waals surface area contributed by atoms with Gasteiger partial charge in [-0.1, -0.05) is 37.2 Å². The van der Waals surface area contributed by atoms with E-state index in [9.17, 15) is 8.42 Å². The number of aryl methyl sites for hydroxylation is 2. The second kappa shape index (κ2) is 9.76. The van der Waals surface area contributed by atoms with Gasteiger partial charge in [0.05, 0.1) is 6.61 Å². The lowest BCUT2D eigenvalue weighted by molar-refractivity contribution is 0.0525. The van der Waals surface area contributed by atoms with Gasteiger partial charge in [-0.25, -0.2) is 8.42 Å². The van der Waals surface area contributed by atoms with Gasteiger partial charge in [0, 0.05) is 25.2 Å². The molecule has 0 N–H and O–H groups in total. The number of rotatable bonds is 7. The molecule has 182 valence electrons. The fourth-order valence-corrected chi connectivity index (χ4v) is 6.86. The molecule has 0 aliphatic carbocycles. The van der Waals surface area contributed by atoms with E-state index in [0.717, 1.165) is 57.7 Å². The summed E-state index contributed by atoms with van der Waals surface area (Å²) in [5.74, 6) is 1.86. The second-order valence-corrected chi connectivity index (χ2v) is 12.0. The minimum absolute atomic E-state index is 0.242. The lowest BCUT2D eigenvalue weighted by Crippen LogP contribution is -2.48. The minimum Gasteiger partial charge on any atom is -0.493 e. The van der Waals surface area contributed by atoms with Gasteiger partial charge in [0.1, 0.15) is 16.3 Å². The lowest BCUT2D eigenvalue weighted by Gasteiger charge is -2.46. The van der Waals surface area contributed by atoms with Crippen LogP contribution in [0.4, 0.5) is 0 Å². The van der Waals surface area contributed by atoms with Crippen LogP contribution in [0.15, 0.2) is 33.7 Å². The summed E-state index contributed by atoms with van der Waals surface area (Å²) in [5.41, 5.74) is 1.93. The first-order valence-electron chi connectivity index (χ1n) is 12.1. The average Bonchev–Trinajstić information content (AvgIpc) is 3.14. The molecule has 0 unspecified atom stereocenters. The van der Waals surface area contributed by atoms with E-state index in [1.54, 1.807) is 18.2 Å². The molecule has 2 fully saturated rings. The highest BCUT2D eigenvalue weighted by Gasteiger charge is 2.41. The summed E-state index contributed by atoms with van der Waals surface area (Å²) < 4.78 is 39.1. The van der Waals surface area contributed by atoms with Gasteiger partial charge >= 0.3 is 0 Å². The molecule has 33 heavy (non-hydrogen) atoms. The molecule has 1 spiro atoms. The molecule has 0 bridgehead atoms. The van der Waals surface area contributed by atoms with Crippen molar-refractivity contribution in [1.82, 2.24) is 14.4 Å². The minimum atomic E-state index is -3.55. The Morgan fingerprint density at radius 3 is 2.30 bits per heavy atom. The number of aromatic nitrogens is 1. The van der Waals surface area contributed by atoms with Gasteiger partial charge in [0.25, 0.3) is 0 Å². The molecule has 0 saturated carbocycles. The summed E-state index contributed by atoms with van der Waals surface area (Å²) in [7, 11) is -3.55. The van der Waals surface area contributed by atoms with Crippen molar-refractivity contribution in [3.8, 4) is 5.75 Å². The number of hydrogen-bond acceptors (Lipinski definition) is 6. The molecule has 2 aliphatic heterocycles. The number of para-hydroxylation sites is 1. The van der Waals surface area contributed by atoms with E-state index in [4.69, 9.17) is 9.26 Å². The molecule has 7 nitrogen and oxygen atoms in total. The quantitative estimate of drug-likeness (QED) is 0.591. The van der Waals surface area contributed by atoms with Crippen LogP contribution < -0.4 is 4.74 Å². The molecule has 2 saturated heterocycles. The maximum atomic E-state index is 13.1. The van der Waals surface area contributed by atoms with E-state index in [1.165, 1.54) is 5.56 Å². The second-order valence-electron chi connectivity index (χ2n) is 10.1. The molecule has 1 aromatic carbocycles. The molecule has 2 aliphatic rings. The van der Waals surface area contributed by atoms with E-state index in [-0.39, 0.29) is 10.3 Å². The Morgan fingerprint density at radius 1 is 1.06 bits per heavy atom. The number of piperidine rings is 2. The summed E-state index contributed by atoms with van der Waals surface area (Å²) in [4.78, 5) is 2.75. The predicted molar refractivity (Wildman–Crippen MR) is 128 cm³/mol. The van der Waals surface area contributed by atoms with Crippen molar-refractivity contribution in [2.45, 2.75) is 64.8 Å². The van der Waals surface area contributed by atoms with Crippen LogP contribution in [0.25, 0.3) is 0 Å². The Morgan fingerprint density at radius 2 is 1.70 bits per heavy atom. The third-order valence-electron chi connectivity index (χ3n) is 7.20. The highest BCUT2D eigenvalue weighted by Crippen LogP contribution is 2.43. The number of hydrogen-bond donors (Lipinski definition) is 0. The Hall–Kier alpha value is -1.90. The van der Waals surface area contributed by atoms with E-state index < -0.39 is 10.0 Å². The topological polar surface area (TPSA) is 75.9 Å².